The van der Waals surface area contributed by atoms with E-state index in [4.69, 9.17) is 9.05 Å². The van der Waals surface area contributed by atoms with Crippen LogP contribution in [0.15, 0.2) is 30.3 Å². The number of para-hydroxylation sites is 1. The van der Waals surface area contributed by atoms with Gasteiger partial charge in [-0.15, -0.1) is 0 Å². The zero-order chi connectivity index (χ0) is 13.7. The second kappa shape index (κ2) is 6.56. The third kappa shape index (κ3) is 3.82. The molecular weight excluding hydrogens is 261 g/mol. The Bertz CT molecular complexity index is 438. The predicted octanol–water partition coefficient (Wildman–Crippen LogP) is 4.45. The molecule has 2 rings (SSSR count). The molecule has 0 spiro atoms. The highest BCUT2D eigenvalue weighted by atomic mass is 31.2. The molecule has 1 saturated heterocycles. The molecule has 0 aromatic heterocycles. The van der Waals surface area contributed by atoms with Gasteiger partial charge in [0.25, 0.3) is 0 Å². The molecule has 1 aromatic carbocycles. The molecule has 3 atom stereocenters. The van der Waals surface area contributed by atoms with E-state index < -0.39 is 7.75 Å². The molecule has 0 saturated carbocycles. The van der Waals surface area contributed by atoms with E-state index in [1.165, 1.54) is 0 Å². The first-order valence-electron chi connectivity index (χ1n) is 6.93. The van der Waals surface area contributed by atoms with Crippen LogP contribution in [0.25, 0.3) is 0 Å². The lowest BCUT2D eigenvalue weighted by molar-refractivity contribution is 0.0220. The van der Waals surface area contributed by atoms with Gasteiger partial charge in [-0.25, -0.2) is 4.57 Å². The van der Waals surface area contributed by atoms with Gasteiger partial charge in [0.15, 0.2) is 0 Å². The lowest BCUT2D eigenvalue weighted by atomic mass is 9.97. The van der Waals surface area contributed by atoms with Crippen LogP contribution in [-0.2, 0) is 13.6 Å². The summed E-state index contributed by atoms with van der Waals surface area (Å²) in [5, 5.41) is 2.90. The fraction of sp³-hybridized carbons (Fsp3) is 0.571. The third-order valence-electron chi connectivity index (χ3n) is 3.40. The monoisotopic (exact) mass is 283 g/mol. The highest BCUT2D eigenvalue weighted by Gasteiger charge is 2.38. The van der Waals surface area contributed by atoms with Gasteiger partial charge in [0.05, 0.1) is 12.7 Å². The molecule has 4 nitrogen and oxygen atoms in total. The predicted molar refractivity (Wildman–Crippen MR) is 77.2 cm³/mol. The average Bonchev–Trinajstić information content (AvgIpc) is 2.40. The van der Waals surface area contributed by atoms with E-state index in [2.05, 4.69) is 18.9 Å². The summed E-state index contributed by atoms with van der Waals surface area (Å²) in [6, 6.07) is 9.39. The zero-order valence-electron chi connectivity index (χ0n) is 11.5. The van der Waals surface area contributed by atoms with Gasteiger partial charge in [0.2, 0.25) is 0 Å². The maximum atomic E-state index is 12.6. The summed E-state index contributed by atoms with van der Waals surface area (Å²) in [6.45, 7) is 4.72. The highest BCUT2D eigenvalue weighted by Crippen LogP contribution is 2.54. The average molecular weight is 283 g/mol. The van der Waals surface area contributed by atoms with Crippen molar-refractivity contribution in [2.45, 2.75) is 39.2 Å². The second-order valence-electron chi connectivity index (χ2n) is 4.87. The number of rotatable bonds is 5. The van der Waals surface area contributed by atoms with E-state index in [1.807, 2.05) is 30.3 Å². The van der Waals surface area contributed by atoms with Gasteiger partial charge >= 0.3 is 7.75 Å². The summed E-state index contributed by atoms with van der Waals surface area (Å²) in [7, 11) is -3.22. The van der Waals surface area contributed by atoms with Gasteiger partial charge in [0, 0.05) is 11.6 Å². The Morgan fingerprint density at radius 3 is 2.68 bits per heavy atom. The third-order valence-corrected chi connectivity index (χ3v) is 4.97. The Labute approximate surface area is 115 Å². The highest BCUT2D eigenvalue weighted by molar-refractivity contribution is 7.55. The molecule has 1 N–H and O–H groups in total. The van der Waals surface area contributed by atoms with Crippen molar-refractivity contribution in [1.82, 2.24) is 0 Å². The minimum absolute atomic E-state index is 0.0193. The van der Waals surface area contributed by atoms with E-state index in [0.29, 0.717) is 12.5 Å². The molecular formula is C14H22NO3P. The van der Waals surface area contributed by atoms with Crippen molar-refractivity contribution in [3.63, 3.8) is 0 Å². The molecule has 19 heavy (non-hydrogen) atoms. The van der Waals surface area contributed by atoms with Crippen LogP contribution in [0.3, 0.4) is 0 Å². The van der Waals surface area contributed by atoms with E-state index >= 15 is 0 Å². The van der Waals surface area contributed by atoms with Crippen molar-refractivity contribution in [3.05, 3.63) is 30.3 Å². The molecule has 1 aliphatic rings. The maximum Gasteiger partial charge on any atom is 0.433 e. The van der Waals surface area contributed by atoms with Crippen LogP contribution in [0.2, 0.25) is 0 Å². The van der Waals surface area contributed by atoms with E-state index in [0.717, 1.165) is 24.9 Å². The first-order valence-corrected chi connectivity index (χ1v) is 8.47. The fourth-order valence-electron chi connectivity index (χ4n) is 2.28. The van der Waals surface area contributed by atoms with Crippen LogP contribution in [0.1, 0.15) is 33.1 Å². The maximum absolute atomic E-state index is 12.6. The van der Waals surface area contributed by atoms with Crippen molar-refractivity contribution in [2.75, 3.05) is 11.7 Å². The SMILES string of the molecule is CCC[C@@H]1O[P@](=O)(Nc2ccccc2)OC[C@@H]1CC. The van der Waals surface area contributed by atoms with Gasteiger partial charge in [0.1, 0.15) is 0 Å². The van der Waals surface area contributed by atoms with Crippen LogP contribution in [0.5, 0.6) is 0 Å². The van der Waals surface area contributed by atoms with Crippen LogP contribution in [0, 0.1) is 5.92 Å². The van der Waals surface area contributed by atoms with Gasteiger partial charge in [-0.2, -0.15) is 0 Å². The van der Waals surface area contributed by atoms with Crippen LogP contribution in [0.4, 0.5) is 5.69 Å². The smallest absolute Gasteiger partial charge is 0.293 e. The second-order valence-corrected chi connectivity index (χ2v) is 6.56. The molecule has 0 aliphatic carbocycles. The lowest BCUT2D eigenvalue weighted by Crippen LogP contribution is -2.32. The molecule has 1 heterocycles. The summed E-state index contributed by atoms with van der Waals surface area (Å²) in [5.41, 5.74) is 0.760. The minimum atomic E-state index is -3.22. The van der Waals surface area contributed by atoms with E-state index in [9.17, 15) is 4.57 Å². The number of nitrogens with one attached hydrogen (secondary N) is 1. The molecule has 0 amide bonds. The number of hydrogen-bond acceptors (Lipinski definition) is 3. The molecule has 1 aromatic rings. The minimum Gasteiger partial charge on any atom is -0.293 e. The van der Waals surface area contributed by atoms with Crippen molar-refractivity contribution >= 4 is 13.4 Å². The molecule has 106 valence electrons. The summed E-state index contributed by atoms with van der Waals surface area (Å²) in [6.07, 6.45) is 2.94. The molecule has 0 bridgehead atoms. The van der Waals surface area contributed by atoms with Gasteiger partial charge in [-0.1, -0.05) is 38.5 Å². The molecule has 0 radical (unpaired) electrons. The lowest BCUT2D eigenvalue weighted by Gasteiger charge is -2.35. The quantitative estimate of drug-likeness (QED) is 0.811. The Kier molecular flexibility index (Phi) is 5.03. The zero-order valence-corrected chi connectivity index (χ0v) is 12.4. The first kappa shape index (κ1) is 14.6. The normalized spacial score (nSPS) is 31.1. The Balaban J connectivity index is 2.06. The van der Waals surface area contributed by atoms with Crippen LogP contribution in [-0.4, -0.2) is 12.7 Å². The van der Waals surface area contributed by atoms with Crippen molar-refractivity contribution in [3.8, 4) is 0 Å². The first-order chi connectivity index (χ1) is 9.17. The summed E-state index contributed by atoms with van der Waals surface area (Å²) in [5.74, 6) is 0.333. The topological polar surface area (TPSA) is 47.6 Å². The fourth-order valence-corrected chi connectivity index (χ4v) is 3.94. The van der Waals surface area contributed by atoms with Crippen molar-refractivity contribution in [2.24, 2.45) is 5.92 Å². The van der Waals surface area contributed by atoms with Crippen molar-refractivity contribution < 1.29 is 13.6 Å². The Morgan fingerprint density at radius 1 is 1.32 bits per heavy atom. The van der Waals surface area contributed by atoms with E-state index in [1.54, 1.807) is 0 Å². The summed E-state index contributed by atoms with van der Waals surface area (Å²) < 4.78 is 23.8. The number of hydrogen-bond donors (Lipinski definition) is 1. The van der Waals surface area contributed by atoms with Crippen LogP contribution < -0.4 is 5.09 Å². The largest absolute Gasteiger partial charge is 0.433 e. The Hall–Kier alpha value is -0.830. The van der Waals surface area contributed by atoms with Gasteiger partial charge < -0.3 is 0 Å². The number of anilines is 1. The molecule has 0 unspecified atom stereocenters. The van der Waals surface area contributed by atoms with E-state index in [-0.39, 0.29) is 6.10 Å². The number of benzene rings is 1. The summed E-state index contributed by atoms with van der Waals surface area (Å²) >= 11 is 0. The Morgan fingerprint density at radius 2 is 2.05 bits per heavy atom. The van der Waals surface area contributed by atoms with Gasteiger partial charge in [-0.3, -0.25) is 14.1 Å². The summed E-state index contributed by atoms with van der Waals surface area (Å²) in [4.78, 5) is 0. The van der Waals surface area contributed by atoms with Gasteiger partial charge in [-0.05, 0) is 25.0 Å². The molecule has 5 heteroatoms. The molecule has 1 fully saturated rings. The molecule has 1 aliphatic heterocycles. The van der Waals surface area contributed by atoms with Crippen molar-refractivity contribution in [1.29, 1.82) is 0 Å². The van der Waals surface area contributed by atoms with Crippen LogP contribution >= 0.6 is 7.75 Å². The standard InChI is InChI=1S/C14H22NO3P/c1-3-8-14-12(4-2)11-17-19(16,18-14)15-13-9-6-5-7-10-13/h5-7,9-10,12,14H,3-4,8,11H2,1-2H3,(H,15,16)/t12-,14-,19-/m0/s1.